The average molecular weight is 317 g/mol. The molecule has 2 aliphatic rings. The highest BCUT2D eigenvalue weighted by Crippen LogP contribution is 2.56. The molecule has 116 valence electrons. The molecule has 3 heterocycles. The Kier molecular flexibility index (Phi) is 3.50. The van der Waals surface area contributed by atoms with Crippen molar-refractivity contribution in [3.05, 3.63) is 40.4 Å². The van der Waals surface area contributed by atoms with Crippen LogP contribution >= 0.6 is 11.3 Å². The maximum absolute atomic E-state index is 12.8. The lowest BCUT2D eigenvalue weighted by molar-refractivity contribution is 0.0682. The minimum Gasteiger partial charge on any atom is -0.364 e. The number of piperidine rings is 1. The normalized spacial score (nSPS) is 22.6. The molecule has 1 amide bonds. The molecule has 1 N–H and O–H groups in total. The van der Waals surface area contributed by atoms with Crippen molar-refractivity contribution in [2.75, 3.05) is 13.1 Å². The first-order valence-corrected chi connectivity index (χ1v) is 8.66. The fraction of sp³-hybridized carbons (Fsp3) is 0.500. The van der Waals surface area contributed by atoms with E-state index in [1.54, 1.807) is 17.4 Å². The molecular formula is C16H19N3O2S. The summed E-state index contributed by atoms with van der Waals surface area (Å²) in [5.74, 6) is -0.0136. The summed E-state index contributed by atoms with van der Waals surface area (Å²) in [5, 5.41) is 11.4. The number of aromatic nitrogens is 1. The highest BCUT2D eigenvalue weighted by molar-refractivity contribution is 7.07. The number of carbonyl (C=O) groups is 1. The van der Waals surface area contributed by atoms with Gasteiger partial charge in [0.1, 0.15) is 6.26 Å². The molecule has 0 bridgehead atoms. The fourth-order valence-corrected chi connectivity index (χ4v) is 4.26. The molecule has 1 atom stereocenters. The standard InChI is InChI=1S/C16H19N3O2S/c20-15(13-1-7-21-18-13)19(10-12-2-8-22-11-12)14-9-16(14)3-5-17-6-4-16/h1-2,7-8,11,14,17H,3-6,9-10H2. The molecule has 4 rings (SSSR count). The van der Waals surface area contributed by atoms with Gasteiger partial charge in [-0.3, -0.25) is 4.79 Å². The van der Waals surface area contributed by atoms with Crippen molar-refractivity contribution in [2.24, 2.45) is 5.41 Å². The van der Waals surface area contributed by atoms with Crippen molar-refractivity contribution in [2.45, 2.75) is 31.8 Å². The summed E-state index contributed by atoms with van der Waals surface area (Å²) in [6.07, 6.45) is 4.89. The van der Waals surface area contributed by atoms with E-state index in [1.165, 1.54) is 11.8 Å². The van der Waals surface area contributed by atoms with E-state index in [9.17, 15) is 4.79 Å². The predicted octanol–water partition coefficient (Wildman–Crippen LogP) is 2.52. The summed E-state index contributed by atoms with van der Waals surface area (Å²) >= 11 is 1.67. The van der Waals surface area contributed by atoms with Crippen molar-refractivity contribution >= 4 is 17.2 Å². The Morgan fingerprint density at radius 2 is 2.32 bits per heavy atom. The SMILES string of the molecule is O=C(c1ccon1)N(Cc1ccsc1)C1CC12CCNCC2. The van der Waals surface area contributed by atoms with Crippen LogP contribution in [0, 0.1) is 5.41 Å². The molecule has 1 saturated heterocycles. The molecule has 1 unspecified atom stereocenters. The molecular weight excluding hydrogens is 298 g/mol. The molecule has 6 heteroatoms. The number of carbonyl (C=O) groups excluding carboxylic acids is 1. The molecule has 0 radical (unpaired) electrons. The Morgan fingerprint density at radius 1 is 1.45 bits per heavy atom. The molecule has 22 heavy (non-hydrogen) atoms. The quantitative estimate of drug-likeness (QED) is 0.941. The molecule has 1 aliphatic carbocycles. The third-order valence-corrected chi connectivity index (χ3v) is 5.71. The van der Waals surface area contributed by atoms with Crippen LogP contribution in [0.25, 0.3) is 0 Å². The van der Waals surface area contributed by atoms with Gasteiger partial charge >= 0.3 is 0 Å². The first-order chi connectivity index (χ1) is 10.8. The van der Waals surface area contributed by atoms with Gasteiger partial charge in [-0.15, -0.1) is 0 Å². The maximum atomic E-state index is 12.8. The summed E-state index contributed by atoms with van der Waals surface area (Å²) in [6.45, 7) is 2.77. The second-order valence-corrected chi connectivity index (χ2v) is 7.06. The number of hydrogen-bond donors (Lipinski definition) is 1. The monoisotopic (exact) mass is 317 g/mol. The lowest BCUT2D eigenvalue weighted by atomic mass is 9.93. The molecule has 0 aromatic carbocycles. The Hall–Kier alpha value is -1.66. The first kappa shape index (κ1) is 14.0. The van der Waals surface area contributed by atoms with E-state index in [-0.39, 0.29) is 5.91 Å². The van der Waals surface area contributed by atoms with Crippen LogP contribution in [-0.2, 0) is 6.54 Å². The number of hydrogen-bond acceptors (Lipinski definition) is 5. The van der Waals surface area contributed by atoms with E-state index in [0.29, 0.717) is 23.7 Å². The van der Waals surface area contributed by atoms with Gasteiger partial charge in [0.2, 0.25) is 0 Å². The van der Waals surface area contributed by atoms with E-state index in [0.717, 1.165) is 32.4 Å². The van der Waals surface area contributed by atoms with E-state index in [2.05, 4.69) is 27.3 Å². The topological polar surface area (TPSA) is 58.4 Å². The Balaban J connectivity index is 1.57. The zero-order valence-electron chi connectivity index (χ0n) is 12.3. The number of amides is 1. The van der Waals surface area contributed by atoms with Gasteiger partial charge in [-0.05, 0) is 60.2 Å². The molecule has 2 aromatic heterocycles. The molecule has 1 aliphatic heterocycles. The number of thiophene rings is 1. The highest BCUT2D eigenvalue weighted by Gasteiger charge is 2.57. The maximum Gasteiger partial charge on any atom is 0.276 e. The van der Waals surface area contributed by atoms with Gasteiger partial charge in [0.05, 0.1) is 0 Å². The summed E-state index contributed by atoms with van der Waals surface area (Å²) in [5.41, 5.74) is 1.92. The number of nitrogens with one attached hydrogen (secondary N) is 1. The van der Waals surface area contributed by atoms with Crippen LogP contribution in [0.2, 0.25) is 0 Å². The minimum absolute atomic E-state index is 0.0136. The third kappa shape index (κ3) is 2.46. The van der Waals surface area contributed by atoms with Crippen molar-refractivity contribution in [3.8, 4) is 0 Å². The molecule has 1 saturated carbocycles. The van der Waals surface area contributed by atoms with Crippen LogP contribution in [0.15, 0.2) is 33.7 Å². The predicted molar refractivity (Wildman–Crippen MR) is 83.6 cm³/mol. The van der Waals surface area contributed by atoms with Crippen molar-refractivity contribution < 1.29 is 9.32 Å². The van der Waals surface area contributed by atoms with E-state index in [1.807, 2.05) is 4.90 Å². The van der Waals surface area contributed by atoms with Gasteiger partial charge in [0.25, 0.3) is 5.91 Å². The van der Waals surface area contributed by atoms with Crippen molar-refractivity contribution in [3.63, 3.8) is 0 Å². The van der Waals surface area contributed by atoms with Gasteiger partial charge in [0, 0.05) is 18.7 Å². The minimum atomic E-state index is -0.0136. The first-order valence-electron chi connectivity index (χ1n) is 7.72. The fourth-order valence-electron chi connectivity index (χ4n) is 3.60. The van der Waals surface area contributed by atoms with E-state index in [4.69, 9.17) is 4.52 Å². The lowest BCUT2D eigenvalue weighted by Gasteiger charge is -2.29. The number of nitrogens with zero attached hydrogens (tertiary/aromatic N) is 2. The zero-order valence-corrected chi connectivity index (χ0v) is 13.1. The smallest absolute Gasteiger partial charge is 0.276 e. The van der Waals surface area contributed by atoms with Crippen LogP contribution < -0.4 is 5.32 Å². The number of rotatable bonds is 4. The van der Waals surface area contributed by atoms with Gasteiger partial charge < -0.3 is 14.7 Å². The molecule has 2 fully saturated rings. The third-order valence-electron chi connectivity index (χ3n) is 4.97. The van der Waals surface area contributed by atoms with E-state index >= 15 is 0 Å². The average Bonchev–Trinajstić information content (AvgIpc) is 3.02. The summed E-state index contributed by atoms with van der Waals surface area (Å²) in [6, 6.07) is 4.07. The van der Waals surface area contributed by atoms with Crippen LogP contribution in [0.1, 0.15) is 35.3 Å². The van der Waals surface area contributed by atoms with Crippen molar-refractivity contribution in [1.82, 2.24) is 15.4 Å². The second-order valence-electron chi connectivity index (χ2n) is 6.28. The Labute approximate surface area is 133 Å². The summed E-state index contributed by atoms with van der Waals surface area (Å²) in [4.78, 5) is 14.8. The summed E-state index contributed by atoms with van der Waals surface area (Å²) < 4.78 is 4.85. The molecule has 2 aromatic rings. The molecule has 1 spiro atoms. The van der Waals surface area contributed by atoms with Gasteiger partial charge in [-0.25, -0.2) is 0 Å². The van der Waals surface area contributed by atoms with Gasteiger partial charge in [-0.2, -0.15) is 11.3 Å². The Morgan fingerprint density at radius 3 is 3.00 bits per heavy atom. The van der Waals surface area contributed by atoms with Gasteiger partial charge in [-0.1, -0.05) is 5.16 Å². The van der Waals surface area contributed by atoms with Crippen molar-refractivity contribution in [1.29, 1.82) is 0 Å². The molecule has 5 nitrogen and oxygen atoms in total. The van der Waals surface area contributed by atoms with Gasteiger partial charge in [0.15, 0.2) is 5.69 Å². The van der Waals surface area contributed by atoms with Crippen LogP contribution in [-0.4, -0.2) is 35.1 Å². The Bertz CT molecular complexity index is 632. The van der Waals surface area contributed by atoms with E-state index < -0.39 is 0 Å². The highest BCUT2D eigenvalue weighted by atomic mass is 32.1. The largest absolute Gasteiger partial charge is 0.364 e. The summed E-state index contributed by atoms with van der Waals surface area (Å²) in [7, 11) is 0. The second kappa shape index (κ2) is 5.52. The van der Waals surface area contributed by atoms with Crippen LogP contribution in [0.3, 0.4) is 0 Å². The van der Waals surface area contributed by atoms with Crippen LogP contribution in [0.4, 0.5) is 0 Å². The van der Waals surface area contributed by atoms with Crippen LogP contribution in [0.5, 0.6) is 0 Å². The lowest BCUT2D eigenvalue weighted by Crippen LogP contribution is -2.39. The zero-order chi connectivity index (χ0) is 15.0.